The molecule has 0 fully saturated rings. The maximum absolute atomic E-state index is 11.3. The van der Waals surface area contributed by atoms with E-state index in [2.05, 4.69) is 15.2 Å². The van der Waals surface area contributed by atoms with Gasteiger partial charge in [-0.2, -0.15) is 4.73 Å². The molecule has 1 aliphatic carbocycles. The van der Waals surface area contributed by atoms with Gasteiger partial charge in [0.2, 0.25) is 5.91 Å². The van der Waals surface area contributed by atoms with Crippen LogP contribution in [0.3, 0.4) is 0 Å². The Labute approximate surface area is 127 Å². The number of nitrogens with zero attached hydrogens (tertiary/aromatic N) is 5. The SMILES string of the molecule is CC(=O)N=C1C=C(N(C)C)C=CC1=N/N=c1\ccccn1O. The van der Waals surface area contributed by atoms with E-state index in [9.17, 15) is 10.0 Å². The van der Waals surface area contributed by atoms with Gasteiger partial charge in [0.15, 0.2) is 5.49 Å². The van der Waals surface area contributed by atoms with Crippen molar-refractivity contribution in [1.29, 1.82) is 0 Å². The summed E-state index contributed by atoms with van der Waals surface area (Å²) in [5.41, 5.74) is 2.05. The number of rotatable bonds is 2. The number of pyridine rings is 1. The average molecular weight is 299 g/mol. The predicted molar refractivity (Wildman–Crippen MR) is 83.6 cm³/mol. The van der Waals surface area contributed by atoms with E-state index in [0.29, 0.717) is 11.4 Å². The number of hydrogen-bond donors (Lipinski definition) is 1. The first-order valence-corrected chi connectivity index (χ1v) is 6.63. The number of aliphatic imine (C=N–C) groups is 1. The van der Waals surface area contributed by atoms with Gasteiger partial charge in [0, 0.05) is 32.9 Å². The molecule has 2 rings (SSSR count). The Bertz CT molecular complexity index is 766. The Kier molecular flexibility index (Phi) is 4.67. The summed E-state index contributed by atoms with van der Waals surface area (Å²) in [6.07, 6.45) is 6.79. The van der Waals surface area contributed by atoms with Gasteiger partial charge in [-0.15, -0.1) is 10.2 Å². The van der Waals surface area contributed by atoms with Crippen LogP contribution in [-0.2, 0) is 4.79 Å². The lowest BCUT2D eigenvalue weighted by Gasteiger charge is -2.17. The molecule has 1 amide bonds. The van der Waals surface area contributed by atoms with Crippen LogP contribution in [-0.4, -0.2) is 46.3 Å². The minimum Gasteiger partial charge on any atom is -0.427 e. The zero-order valence-corrected chi connectivity index (χ0v) is 12.6. The molecule has 114 valence electrons. The number of hydrogen-bond acceptors (Lipinski definition) is 5. The molecule has 1 heterocycles. The monoisotopic (exact) mass is 299 g/mol. The van der Waals surface area contributed by atoms with Crippen LogP contribution >= 0.6 is 0 Å². The van der Waals surface area contributed by atoms with Crippen LogP contribution in [0.25, 0.3) is 0 Å². The van der Waals surface area contributed by atoms with E-state index in [0.717, 1.165) is 10.4 Å². The molecule has 0 atom stereocenters. The fourth-order valence-electron chi connectivity index (χ4n) is 1.74. The smallest absolute Gasteiger partial charge is 0.243 e. The predicted octanol–water partition coefficient (Wildman–Crippen LogP) is 0.985. The van der Waals surface area contributed by atoms with E-state index in [1.54, 1.807) is 30.4 Å². The molecule has 0 saturated carbocycles. The summed E-state index contributed by atoms with van der Waals surface area (Å²) in [5, 5.41) is 17.6. The van der Waals surface area contributed by atoms with Crippen molar-refractivity contribution in [3.05, 3.63) is 53.8 Å². The first kappa shape index (κ1) is 15.4. The Morgan fingerprint density at radius 1 is 1.18 bits per heavy atom. The largest absolute Gasteiger partial charge is 0.427 e. The molecule has 0 spiro atoms. The summed E-state index contributed by atoms with van der Waals surface area (Å²) in [6.45, 7) is 1.38. The van der Waals surface area contributed by atoms with Gasteiger partial charge in [0.25, 0.3) is 0 Å². The molecule has 0 unspecified atom stereocenters. The van der Waals surface area contributed by atoms with E-state index in [1.807, 2.05) is 25.1 Å². The summed E-state index contributed by atoms with van der Waals surface area (Å²) in [5.74, 6) is -0.315. The third-order valence-corrected chi connectivity index (χ3v) is 2.83. The molecule has 1 aliphatic rings. The van der Waals surface area contributed by atoms with E-state index in [-0.39, 0.29) is 11.4 Å². The lowest BCUT2D eigenvalue weighted by atomic mass is 10.1. The van der Waals surface area contributed by atoms with Crippen LogP contribution in [0.4, 0.5) is 0 Å². The number of amides is 1. The molecule has 7 heteroatoms. The zero-order valence-electron chi connectivity index (χ0n) is 12.6. The molecule has 1 N–H and O–H groups in total. The van der Waals surface area contributed by atoms with Crippen molar-refractivity contribution in [3.8, 4) is 0 Å². The van der Waals surface area contributed by atoms with Crippen molar-refractivity contribution in [2.75, 3.05) is 14.1 Å². The van der Waals surface area contributed by atoms with Gasteiger partial charge in [0.1, 0.15) is 5.71 Å². The molecule has 0 bridgehead atoms. The number of allylic oxidation sites excluding steroid dienone is 3. The maximum atomic E-state index is 11.3. The Morgan fingerprint density at radius 3 is 2.59 bits per heavy atom. The topological polar surface area (TPSA) is 82.5 Å². The third kappa shape index (κ3) is 3.78. The van der Waals surface area contributed by atoms with E-state index in [1.165, 1.54) is 13.1 Å². The van der Waals surface area contributed by atoms with Crippen molar-refractivity contribution >= 4 is 17.3 Å². The van der Waals surface area contributed by atoms with Gasteiger partial charge >= 0.3 is 0 Å². The molecule has 1 aromatic rings. The van der Waals surface area contributed by atoms with Crippen molar-refractivity contribution in [1.82, 2.24) is 9.63 Å². The highest BCUT2D eigenvalue weighted by Crippen LogP contribution is 2.09. The standard InChI is InChI=1S/C15H17N5O2/c1-11(21)16-14-10-12(19(2)3)7-8-13(14)17-18-15-6-4-5-9-20(15)22/h4-10,22H,1-3H3/b16-14?,17-13?,18-15+. The molecule has 0 radical (unpaired) electrons. The van der Waals surface area contributed by atoms with Gasteiger partial charge in [-0.1, -0.05) is 6.07 Å². The Hall–Kier alpha value is -2.96. The number of carbonyl (C=O) groups excluding carboxylic acids is 1. The first-order valence-electron chi connectivity index (χ1n) is 6.63. The molecule has 1 aromatic heterocycles. The van der Waals surface area contributed by atoms with Crippen molar-refractivity contribution in [2.45, 2.75) is 6.92 Å². The van der Waals surface area contributed by atoms with E-state index in [4.69, 9.17) is 0 Å². The summed E-state index contributed by atoms with van der Waals surface area (Å²) in [7, 11) is 3.79. The van der Waals surface area contributed by atoms with Crippen LogP contribution in [0, 0.1) is 0 Å². The Morgan fingerprint density at radius 2 is 1.95 bits per heavy atom. The number of aromatic nitrogens is 1. The van der Waals surface area contributed by atoms with Gasteiger partial charge in [-0.3, -0.25) is 4.79 Å². The number of likely N-dealkylation sites (N-methyl/N-ethyl adjacent to an activating group) is 1. The van der Waals surface area contributed by atoms with Crippen LogP contribution in [0.1, 0.15) is 6.92 Å². The molecule has 0 aromatic carbocycles. The average Bonchev–Trinajstić information content (AvgIpc) is 2.46. The van der Waals surface area contributed by atoms with Gasteiger partial charge in [0.05, 0.1) is 5.71 Å². The van der Waals surface area contributed by atoms with Crippen LogP contribution in [0.15, 0.2) is 63.5 Å². The lowest BCUT2D eigenvalue weighted by Crippen LogP contribution is -2.21. The van der Waals surface area contributed by atoms with E-state index < -0.39 is 0 Å². The molecule has 7 nitrogen and oxygen atoms in total. The minimum absolute atomic E-state index is 0.271. The van der Waals surface area contributed by atoms with Crippen molar-refractivity contribution < 1.29 is 10.0 Å². The van der Waals surface area contributed by atoms with Gasteiger partial charge in [-0.05, 0) is 30.4 Å². The van der Waals surface area contributed by atoms with E-state index >= 15 is 0 Å². The second-order valence-corrected chi connectivity index (χ2v) is 4.80. The Balaban J connectivity index is 2.44. The third-order valence-electron chi connectivity index (χ3n) is 2.83. The highest BCUT2D eigenvalue weighted by atomic mass is 16.5. The highest BCUT2D eigenvalue weighted by Gasteiger charge is 2.12. The normalized spacial score (nSPS) is 18.7. The lowest BCUT2D eigenvalue weighted by molar-refractivity contribution is -0.115. The van der Waals surface area contributed by atoms with Crippen LogP contribution < -0.4 is 5.49 Å². The van der Waals surface area contributed by atoms with Crippen LogP contribution in [0.2, 0.25) is 0 Å². The second kappa shape index (κ2) is 6.66. The molecular formula is C15H17N5O2. The molecule has 0 saturated heterocycles. The number of carbonyl (C=O) groups is 1. The molecule has 22 heavy (non-hydrogen) atoms. The minimum atomic E-state index is -0.315. The molecule has 0 aliphatic heterocycles. The van der Waals surface area contributed by atoms with Crippen LogP contribution in [0.5, 0.6) is 0 Å². The quantitative estimate of drug-likeness (QED) is 0.502. The summed E-state index contributed by atoms with van der Waals surface area (Å²) in [4.78, 5) is 17.1. The zero-order chi connectivity index (χ0) is 16.1. The fraction of sp³-hybridized carbons (Fsp3) is 0.200. The highest BCUT2D eigenvalue weighted by molar-refractivity contribution is 6.52. The van der Waals surface area contributed by atoms with Crippen molar-refractivity contribution in [3.63, 3.8) is 0 Å². The van der Waals surface area contributed by atoms with Gasteiger partial charge in [-0.25, -0.2) is 4.99 Å². The summed E-state index contributed by atoms with van der Waals surface area (Å²) in [6, 6.07) is 5.01. The van der Waals surface area contributed by atoms with Gasteiger partial charge < -0.3 is 10.1 Å². The second-order valence-electron chi connectivity index (χ2n) is 4.80. The fourth-order valence-corrected chi connectivity index (χ4v) is 1.74. The first-order chi connectivity index (χ1) is 10.5. The molecular weight excluding hydrogens is 282 g/mol. The maximum Gasteiger partial charge on any atom is 0.243 e. The summed E-state index contributed by atoms with van der Waals surface area (Å²) >= 11 is 0. The summed E-state index contributed by atoms with van der Waals surface area (Å²) < 4.78 is 0.861. The van der Waals surface area contributed by atoms with Crippen molar-refractivity contribution in [2.24, 2.45) is 15.2 Å².